The molecular weight excluding hydrogens is 324 g/mol. The molecule has 1 rings (SSSR count). The molecule has 1 aromatic carbocycles. The van der Waals surface area contributed by atoms with Gasteiger partial charge in [-0.1, -0.05) is 24.3 Å². The van der Waals surface area contributed by atoms with Crippen LogP contribution >= 0.6 is 0 Å². The third-order valence-corrected chi connectivity index (χ3v) is 4.26. The number of hydrogen-bond acceptors (Lipinski definition) is 7. The molecule has 0 saturated heterocycles. The molecule has 0 aromatic heterocycles. The number of esters is 2. The highest BCUT2D eigenvalue weighted by molar-refractivity contribution is 7.86. The van der Waals surface area contributed by atoms with Crippen molar-refractivity contribution in [2.24, 2.45) is 0 Å². The smallest absolute Gasteiger partial charge is 0.336 e. The minimum atomic E-state index is -4.20. The van der Waals surface area contributed by atoms with Gasteiger partial charge in [-0.3, -0.25) is 4.18 Å². The molecule has 0 aliphatic carbocycles. The first kappa shape index (κ1) is 18.9. The van der Waals surface area contributed by atoms with Crippen LogP contribution in [0.25, 0.3) is 0 Å². The number of aryl methyl sites for hydroxylation is 1. The van der Waals surface area contributed by atoms with Gasteiger partial charge < -0.3 is 9.47 Å². The second kappa shape index (κ2) is 7.89. The van der Waals surface area contributed by atoms with Gasteiger partial charge in [0.25, 0.3) is 10.1 Å². The van der Waals surface area contributed by atoms with Crippen LogP contribution in [0.1, 0.15) is 12.0 Å². The summed E-state index contributed by atoms with van der Waals surface area (Å²) in [6.07, 6.45) is -1.90. The highest BCUT2D eigenvalue weighted by atomic mass is 32.2. The van der Waals surface area contributed by atoms with E-state index < -0.39 is 28.2 Å². The van der Waals surface area contributed by atoms with Crippen molar-refractivity contribution in [2.75, 3.05) is 14.2 Å². The number of hydrogen-bond donors (Lipinski definition) is 0. The van der Waals surface area contributed by atoms with Crippen molar-refractivity contribution < 1.29 is 31.7 Å². The maximum absolute atomic E-state index is 12.2. The number of benzene rings is 1. The zero-order valence-corrected chi connectivity index (χ0v) is 13.9. The monoisotopic (exact) mass is 342 g/mol. The fourth-order valence-electron chi connectivity index (χ4n) is 1.65. The molecule has 0 radical (unpaired) electrons. The van der Waals surface area contributed by atoms with Crippen LogP contribution in [0, 0.1) is 6.92 Å². The Kier molecular flexibility index (Phi) is 6.47. The summed E-state index contributed by atoms with van der Waals surface area (Å²) in [5.74, 6) is -1.71. The van der Waals surface area contributed by atoms with E-state index in [0.29, 0.717) is 0 Å². The molecule has 7 nitrogen and oxygen atoms in total. The quantitative estimate of drug-likeness (QED) is 0.419. The van der Waals surface area contributed by atoms with Gasteiger partial charge >= 0.3 is 11.9 Å². The Balaban J connectivity index is 3.00. The van der Waals surface area contributed by atoms with E-state index >= 15 is 0 Å². The zero-order chi connectivity index (χ0) is 17.6. The number of methoxy groups -OCH3 is 2. The SMILES string of the molecule is C=C(C[C@H](OS(=O)(=O)c1ccc(C)cc1)C(=O)OC)C(=O)OC. The molecular formula is C15H18O7S. The third-order valence-electron chi connectivity index (χ3n) is 2.92. The summed E-state index contributed by atoms with van der Waals surface area (Å²) in [7, 11) is -1.98. The van der Waals surface area contributed by atoms with Crippen LogP contribution in [-0.2, 0) is 33.4 Å². The van der Waals surface area contributed by atoms with Crippen molar-refractivity contribution in [2.45, 2.75) is 24.3 Å². The van der Waals surface area contributed by atoms with Crippen LogP contribution in [-0.4, -0.2) is 40.7 Å². The van der Waals surface area contributed by atoms with E-state index in [0.717, 1.165) is 19.8 Å². The summed E-state index contributed by atoms with van der Waals surface area (Å²) in [6, 6.07) is 5.90. The van der Waals surface area contributed by atoms with Crippen molar-refractivity contribution in [1.82, 2.24) is 0 Å². The summed E-state index contributed by atoms with van der Waals surface area (Å²) >= 11 is 0. The van der Waals surface area contributed by atoms with Gasteiger partial charge in [0, 0.05) is 12.0 Å². The Morgan fingerprint density at radius 1 is 1.13 bits per heavy atom. The molecule has 0 N–H and O–H groups in total. The van der Waals surface area contributed by atoms with Crippen LogP contribution in [0.5, 0.6) is 0 Å². The summed E-state index contributed by atoms with van der Waals surface area (Å²) in [5, 5.41) is 0. The van der Waals surface area contributed by atoms with Gasteiger partial charge in [0.1, 0.15) is 0 Å². The van der Waals surface area contributed by atoms with E-state index in [2.05, 4.69) is 16.1 Å². The van der Waals surface area contributed by atoms with Crippen LogP contribution < -0.4 is 0 Å². The predicted octanol–water partition coefficient (Wildman–Crippen LogP) is 1.36. The summed E-state index contributed by atoms with van der Waals surface area (Å²) in [6.45, 7) is 5.24. The lowest BCUT2D eigenvalue weighted by Crippen LogP contribution is -2.30. The molecule has 0 amide bonds. The molecule has 126 valence electrons. The standard InChI is InChI=1S/C15H18O7S/c1-10-5-7-12(8-6-10)23(18,19)22-13(15(17)21-4)9-11(2)14(16)20-3/h5-8,13H,2,9H2,1,3-4H3/t13-/m0/s1. The van der Waals surface area contributed by atoms with Gasteiger partial charge in [-0.2, -0.15) is 8.42 Å². The van der Waals surface area contributed by atoms with Gasteiger partial charge in [0.15, 0.2) is 6.10 Å². The van der Waals surface area contributed by atoms with Gasteiger partial charge in [-0.05, 0) is 19.1 Å². The fourth-order valence-corrected chi connectivity index (χ4v) is 2.69. The van der Waals surface area contributed by atoms with Crippen molar-refractivity contribution in [3.8, 4) is 0 Å². The topological polar surface area (TPSA) is 96.0 Å². The Bertz CT molecular complexity index is 689. The number of rotatable bonds is 7. The summed E-state index contributed by atoms with van der Waals surface area (Å²) < 4.78 is 38.3. The summed E-state index contributed by atoms with van der Waals surface area (Å²) in [4.78, 5) is 23.0. The van der Waals surface area contributed by atoms with Gasteiger partial charge in [-0.15, -0.1) is 0 Å². The summed E-state index contributed by atoms with van der Waals surface area (Å²) in [5.41, 5.74) is 0.759. The van der Waals surface area contributed by atoms with Crippen molar-refractivity contribution >= 4 is 22.1 Å². The molecule has 1 aromatic rings. The van der Waals surface area contributed by atoms with Crippen molar-refractivity contribution in [3.63, 3.8) is 0 Å². The van der Waals surface area contributed by atoms with Crippen LogP contribution in [0.3, 0.4) is 0 Å². The van der Waals surface area contributed by atoms with Crippen LogP contribution in [0.15, 0.2) is 41.3 Å². The number of carbonyl (C=O) groups is 2. The Labute approximate surface area is 135 Å². The lowest BCUT2D eigenvalue weighted by molar-refractivity contribution is -0.148. The molecule has 0 unspecified atom stereocenters. The minimum Gasteiger partial charge on any atom is -0.467 e. The van der Waals surface area contributed by atoms with E-state index in [1.54, 1.807) is 19.1 Å². The third kappa shape index (κ3) is 5.19. The van der Waals surface area contributed by atoms with Gasteiger partial charge in [0.05, 0.1) is 19.1 Å². The molecule has 0 aliphatic heterocycles. The molecule has 0 heterocycles. The Morgan fingerprint density at radius 2 is 1.70 bits per heavy atom. The minimum absolute atomic E-state index is 0.109. The molecule has 8 heteroatoms. The molecule has 23 heavy (non-hydrogen) atoms. The van der Waals surface area contributed by atoms with E-state index in [1.807, 2.05) is 0 Å². The average Bonchev–Trinajstić information content (AvgIpc) is 2.52. The maximum Gasteiger partial charge on any atom is 0.336 e. The van der Waals surface area contributed by atoms with E-state index in [-0.39, 0.29) is 16.9 Å². The second-order valence-corrected chi connectivity index (χ2v) is 6.25. The highest BCUT2D eigenvalue weighted by Crippen LogP contribution is 2.19. The molecule has 0 fully saturated rings. The van der Waals surface area contributed by atoms with Crippen LogP contribution in [0.2, 0.25) is 0 Å². The first-order valence-electron chi connectivity index (χ1n) is 6.55. The first-order chi connectivity index (χ1) is 10.7. The van der Waals surface area contributed by atoms with Gasteiger partial charge in [-0.25, -0.2) is 9.59 Å². The van der Waals surface area contributed by atoms with E-state index in [1.165, 1.54) is 12.1 Å². The average molecular weight is 342 g/mol. The lowest BCUT2D eigenvalue weighted by Gasteiger charge is -2.16. The Morgan fingerprint density at radius 3 is 2.17 bits per heavy atom. The number of ether oxygens (including phenoxy) is 2. The maximum atomic E-state index is 12.2. The van der Waals surface area contributed by atoms with E-state index in [9.17, 15) is 18.0 Å². The molecule has 0 bridgehead atoms. The molecule has 0 spiro atoms. The molecule has 0 saturated carbocycles. The molecule has 1 atom stereocenters. The second-order valence-electron chi connectivity index (χ2n) is 4.67. The Hall–Kier alpha value is -2.19. The lowest BCUT2D eigenvalue weighted by atomic mass is 10.1. The predicted molar refractivity (Wildman–Crippen MR) is 81.0 cm³/mol. The van der Waals surface area contributed by atoms with E-state index in [4.69, 9.17) is 4.18 Å². The fraction of sp³-hybridized carbons (Fsp3) is 0.333. The number of carbonyl (C=O) groups excluding carboxylic acids is 2. The first-order valence-corrected chi connectivity index (χ1v) is 7.96. The largest absolute Gasteiger partial charge is 0.467 e. The van der Waals surface area contributed by atoms with Gasteiger partial charge in [0.2, 0.25) is 0 Å². The molecule has 0 aliphatic rings. The zero-order valence-electron chi connectivity index (χ0n) is 13.1. The van der Waals surface area contributed by atoms with Crippen LogP contribution in [0.4, 0.5) is 0 Å². The van der Waals surface area contributed by atoms with Crippen molar-refractivity contribution in [3.05, 3.63) is 42.0 Å². The van der Waals surface area contributed by atoms with Crippen molar-refractivity contribution in [1.29, 1.82) is 0 Å². The normalized spacial score (nSPS) is 12.3. The highest BCUT2D eigenvalue weighted by Gasteiger charge is 2.30.